The number of nitrogens with zero attached hydrogens (tertiary/aromatic N) is 2. The Kier molecular flexibility index (Phi) is 6.70. The molecule has 42 heavy (non-hydrogen) atoms. The fourth-order valence-corrected chi connectivity index (χ4v) is 8.52. The Morgan fingerprint density at radius 1 is 1.17 bits per heavy atom. The highest BCUT2D eigenvalue weighted by atomic mass is 16.5. The molecule has 5 atom stereocenters. The molecule has 0 unspecified atom stereocenters. The van der Waals surface area contributed by atoms with Crippen molar-refractivity contribution in [3.8, 4) is 11.5 Å². The molecule has 220 valence electrons. The third-order valence-electron chi connectivity index (χ3n) is 10.3. The zero-order chi connectivity index (χ0) is 29.1. The largest absolute Gasteiger partial charge is 0.504 e. The van der Waals surface area contributed by atoms with Gasteiger partial charge in [0.2, 0.25) is 5.91 Å². The highest BCUT2D eigenvalue weighted by Gasteiger charge is 2.73. The van der Waals surface area contributed by atoms with Crippen molar-refractivity contribution >= 4 is 12.0 Å². The first-order valence-electron chi connectivity index (χ1n) is 15.3. The summed E-state index contributed by atoms with van der Waals surface area (Å²) in [5, 5.41) is 23.9. The molecule has 2 bridgehead atoms. The van der Waals surface area contributed by atoms with E-state index in [2.05, 4.69) is 43.0 Å². The number of aromatic hydroxyl groups is 1. The van der Waals surface area contributed by atoms with Gasteiger partial charge in [-0.2, -0.15) is 0 Å². The number of phenols is 1. The van der Waals surface area contributed by atoms with Crippen molar-refractivity contribution in [2.45, 2.75) is 75.2 Å². The Morgan fingerprint density at radius 3 is 2.76 bits per heavy atom. The van der Waals surface area contributed by atoms with Crippen molar-refractivity contribution in [3.05, 3.63) is 89.4 Å². The Labute approximate surface area is 247 Å². The van der Waals surface area contributed by atoms with Crippen LogP contribution < -0.4 is 4.74 Å². The fraction of sp³-hybridized carbons (Fsp3) is 0.457. The maximum absolute atomic E-state index is 13.8. The first-order valence-corrected chi connectivity index (χ1v) is 15.3. The van der Waals surface area contributed by atoms with Crippen LogP contribution in [0.5, 0.6) is 11.5 Å². The van der Waals surface area contributed by atoms with Crippen molar-refractivity contribution in [3.63, 3.8) is 0 Å². The average molecular weight is 569 g/mol. The summed E-state index contributed by atoms with van der Waals surface area (Å²) in [6.45, 7) is 6.52. The van der Waals surface area contributed by atoms with Gasteiger partial charge in [0.05, 0.1) is 29.6 Å². The van der Waals surface area contributed by atoms with Crippen molar-refractivity contribution in [1.82, 2.24) is 9.80 Å². The third kappa shape index (κ3) is 4.12. The molecular weight excluding hydrogens is 528 g/mol. The first kappa shape index (κ1) is 27.3. The van der Waals surface area contributed by atoms with Gasteiger partial charge in [0.1, 0.15) is 6.10 Å². The minimum Gasteiger partial charge on any atom is -0.504 e. The average Bonchev–Trinajstić information content (AvgIpc) is 3.62. The summed E-state index contributed by atoms with van der Waals surface area (Å²) < 4.78 is 11.9. The van der Waals surface area contributed by atoms with Crippen LogP contribution in [-0.4, -0.2) is 69.3 Å². The van der Waals surface area contributed by atoms with Gasteiger partial charge < -0.3 is 24.3 Å². The van der Waals surface area contributed by atoms with E-state index in [1.165, 1.54) is 5.56 Å². The Balaban J connectivity index is 1.26. The number of amides is 1. The summed E-state index contributed by atoms with van der Waals surface area (Å²) >= 11 is 0. The number of carbonyl (C=O) groups is 1. The van der Waals surface area contributed by atoms with E-state index in [1.54, 1.807) is 30.7 Å². The summed E-state index contributed by atoms with van der Waals surface area (Å²) in [7, 11) is 0. The van der Waals surface area contributed by atoms with Crippen molar-refractivity contribution in [1.29, 1.82) is 0 Å². The molecular formula is C35H40N2O5. The number of piperidine rings is 1. The Bertz CT molecular complexity index is 1480. The summed E-state index contributed by atoms with van der Waals surface area (Å²) in [6.07, 6.45) is 9.74. The van der Waals surface area contributed by atoms with E-state index in [1.807, 2.05) is 23.1 Å². The lowest BCUT2D eigenvalue weighted by atomic mass is 9.48. The van der Waals surface area contributed by atoms with E-state index in [4.69, 9.17) is 9.15 Å². The topological polar surface area (TPSA) is 86.4 Å². The first-order chi connectivity index (χ1) is 20.3. The van der Waals surface area contributed by atoms with Crippen LogP contribution in [0.4, 0.5) is 0 Å². The van der Waals surface area contributed by atoms with E-state index >= 15 is 0 Å². The van der Waals surface area contributed by atoms with Gasteiger partial charge in [0.15, 0.2) is 11.5 Å². The zero-order valence-electron chi connectivity index (χ0n) is 24.4. The zero-order valence-corrected chi connectivity index (χ0v) is 24.4. The number of furan rings is 1. The van der Waals surface area contributed by atoms with Crippen LogP contribution >= 0.6 is 0 Å². The lowest BCUT2D eigenvalue weighted by molar-refractivity contribution is -0.201. The third-order valence-corrected chi connectivity index (χ3v) is 10.3. The maximum Gasteiger partial charge on any atom is 0.246 e. The lowest BCUT2D eigenvalue weighted by Crippen LogP contribution is -2.78. The standard InChI is InChI=1S/C35H40N2O5/c1-23(2)21-37(30(39)11-8-25-14-19-41-22-25)27-12-15-35(40)29-20-26-9-10-28(38)32-31(26)34(35,33(27)42-32)16-18-36(29)17-13-24-6-4-3-5-7-24/h3-11,14,19,22-23,27,29,33,38,40H,12-13,15-18,20-21H2,1-2H3/b11-8+/t27-,29-,33+,34+,35-/m1/s1. The molecule has 7 nitrogen and oxygen atoms in total. The van der Waals surface area contributed by atoms with Crippen molar-refractivity contribution < 1.29 is 24.2 Å². The smallest absolute Gasteiger partial charge is 0.246 e. The molecule has 1 saturated carbocycles. The van der Waals surface area contributed by atoms with E-state index in [0.29, 0.717) is 31.6 Å². The summed E-state index contributed by atoms with van der Waals surface area (Å²) in [5.74, 6) is 0.796. The number of phenolic OH excluding ortho intramolecular Hbond substituents is 1. The summed E-state index contributed by atoms with van der Waals surface area (Å²) in [6, 6.07) is 15.8. The van der Waals surface area contributed by atoms with Gasteiger partial charge in [-0.3, -0.25) is 9.69 Å². The molecule has 1 amide bonds. The molecule has 7 rings (SSSR count). The van der Waals surface area contributed by atoms with E-state index < -0.39 is 17.1 Å². The van der Waals surface area contributed by atoms with Crippen molar-refractivity contribution in [2.24, 2.45) is 5.92 Å². The molecule has 2 N–H and O–H groups in total. The van der Waals surface area contributed by atoms with Crippen LogP contribution in [0.15, 0.2) is 71.6 Å². The maximum atomic E-state index is 13.8. The fourth-order valence-electron chi connectivity index (χ4n) is 8.52. The molecule has 3 heterocycles. The van der Waals surface area contributed by atoms with Crippen LogP contribution in [0.2, 0.25) is 0 Å². The molecule has 2 fully saturated rings. The van der Waals surface area contributed by atoms with Gasteiger partial charge in [0, 0.05) is 36.3 Å². The van der Waals surface area contributed by atoms with Crippen LogP contribution in [0.1, 0.15) is 55.4 Å². The van der Waals surface area contributed by atoms with Gasteiger partial charge >= 0.3 is 0 Å². The summed E-state index contributed by atoms with van der Waals surface area (Å²) in [4.78, 5) is 18.3. The predicted molar refractivity (Wildman–Crippen MR) is 160 cm³/mol. The molecule has 3 aromatic rings. The molecule has 2 aliphatic carbocycles. The molecule has 2 aliphatic heterocycles. The van der Waals surface area contributed by atoms with Crippen molar-refractivity contribution in [2.75, 3.05) is 19.6 Å². The van der Waals surface area contributed by atoms with Gasteiger partial charge in [-0.15, -0.1) is 0 Å². The number of rotatable bonds is 8. The van der Waals surface area contributed by atoms with Crippen LogP contribution in [0, 0.1) is 5.92 Å². The number of hydrogen-bond donors (Lipinski definition) is 2. The number of carbonyl (C=O) groups excluding carboxylic acids is 1. The Hall–Kier alpha value is -3.55. The number of benzene rings is 2. The quantitative estimate of drug-likeness (QED) is 0.374. The van der Waals surface area contributed by atoms with E-state index in [9.17, 15) is 15.0 Å². The van der Waals surface area contributed by atoms with Gasteiger partial charge in [-0.25, -0.2) is 0 Å². The molecule has 0 radical (unpaired) electrons. The minimum atomic E-state index is -1.02. The van der Waals surface area contributed by atoms with Gasteiger partial charge in [-0.05, 0) is 73.9 Å². The second-order valence-corrected chi connectivity index (χ2v) is 13.0. The van der Waals surface area contributed by atoms with Crippen LogP contribution in [-0.2, 0) is 23.1 Å². The number of hydrogen-bond acceptors (Lipinski definition) is 6. The molecule has 1 aromatic heterocycles. The monoisotopic (exact) mass is 568 g/mol. The normalized spacial score (nSPS) is 29.5. The molecule has 1 saturated heterocycles. The van der Waals surface area contributed by atoms with Gasteiger partial charge in [0.25, 0.3) is 0 Å². The number of likely N-dealkylation sites (tertiary alicyclic amines) is 1. The van der Waals surface area contributed by atoms with Crippen LogP contribution in [0.25, 0.3) is 6.08 Å². The number of ether oxygens (including phenoxy) is 1. The molecule has 4 aliphatic rings. The summed E-state index contributed by atoms with van der Waals surface area (Å²) in [5.41, 5.74) is 2.55. The van der Waals surface area contributed by atoms with Gasteiger partial charge in [-0.1, -0.05) is 50.2 Å². The Morgan fingerprint density at radius 2 is 2.00 bits per heavy atom. The molecule has 2 aromatic carbocycles. The molecule has 1 spiro atoms. The second kappa shape index (κ2) is 10.3. The predicted octanol–water partition coefficient (Wildman–Crippen LogP) is 4.95. The number of aliphatic hydroxyl groups is 1. The SMILES string of the molecule is CC(C)CN(C(=O)/C=C/c1ccoc1)[C@@H]1CC[C@@]2(O)[C@H]3Cc4ccc(O)c5c4[C@@]2(CCN3CCc2ccccc2)[C@H]1O5. The lowest BCUT2D eigenvalue weighted by Gasteiger charge is -2.65. The molecule has 7 heteroatoms. The minimum absolute atomic E-state index is 0.0553. The highest BCUT2D eigenvalue weighted by Crippen LogP contribution is 2.65. The van der Waals surface area contributed by atoms with E-state index in [-0.39, 0.29) is 29.7 Å². The second-order valence-electron chi connectivity index (χ2n) is 13.0. The van der Waals surface area contributed by atoms with E-state index in [0.717, 1.165) is 42.6 Å². The highest BCUT2D eigenvalue weighted by molar-refractivity contribution is 5.92. The van der Waals surface area contributed by atoms with Crippen LogP contribution in [0.3, 0.4) is 0 Å².